The minimum atomic E-state index is -4.20. The Hall–Kier alpha value is -2.61. The Morgan fingerprint density at radius 2 is 1.65 bits per heavy atom. The first-order valence-corrected chi connectivity index (χ1v) is 6.78. The number of hydrogen-bond acceptors (Lipinski definition) is 6. The van der Waals surface area contributed by atoms with Gasteiger partial charge in [0.2, 0.25) is 5.75 Å². The van der Waals surface area contributed by atoms with Crippen molar-refractivity contribution in [2.24, 2.45) is 0 Å². The van der Waals surface area contributed by atoms with Crippen LogP contribution in [-0.2, 0) is 10.1 Å². The summed E-state index contributed by atoms with van der Waals surface area (Å²) in [5.41, 5.74) is -0.449. The summed E-state index contributed by atoms with van der Waals surface area (Å²) >= 11 is 0. The third kappa shape index (κ3) is 2.86. The second kappa shape index (κ2) is 5.17. The molecule has 0 bridgehead atoms. The van der Waals surface area contributed by atoms with E-state index in [1.54, 1.807) is 0 Å². The van der Waals surface area contributed by atoms with Crippen LogP contribution < -0.4 is 4.18 Å². The molecule has 0 amide bonds. The van der Waals surface area contributed by atoms with Crippen molar-refractivity contribution in [2.75, 3.05) is 0 Å². The lowest BCUT2D eigenvalue weighted by Crippen LogP contribution is -2.10. The molecule has 0 aliphatic carbocycles. The van der Waals surface area contributed by atoms with E-state index < -0.39 is 20.7 Å². The van der Waals surface area contributed by atoms with Gasteiger partial charge in [0, 0.05) is 6.07 Å². The molecular formula is C12H9NO6S. The van der Waals surface area contributed by atoms with Crippen molar-refractivity contribution in [2.45, 2.75) is 4.90 Å². The molecule has 0 atom stereocenters. The molecule has 0 saturated heterocycles. The Morgan fingerprint density at radius 1 is 1.05 bits per heavy atom. The molecule has 7 nitrogen and oxygen atoms in total. The Morgan fingerprint density at radius 3 is 2.25 bits per heavy atom. The Labute approximate surface area is 114 Å². The second-order valence-corrected chi connectivity index (χ2v) is 5.30. The topological polar surface area (TPSA) is 107 Å². The minimum Gasteiger partial charge on any atom is -0.508 e. The van der Waals surface area contributed by atoms with Gasteiger partial charge in [0.05, 0.1) is 4.92 Å². The van der Waals surface area contributed by atoms with Crippen molar-refractivity contribution in [3.05, 3.63) is 58.6 Å². The molecule has 0 spiro atoms. The fourth-order valence-electron chi connectivity index (χ4n) is 1.46. The van der Waals surface area contributed by atoms with Gasteiger partial charge in [0.15, 0.2) is 0 Å². The smallest absolute Gasteiger partial charge is 0.339 e. The molecule has 0 aliphatic heterocycles. The molecule has 1 N–H and O–H groups in total. The van der Waals surface area contributed by atoms with Crippen molar-refractivity contribution in [3.63, 3.8) is 0 Å². The first-order chi connectivity index (χ1) is 9.40. The van der Waals surface area contributed by atoms with E-state index in [1.165, 1.54) is 30.3 Å². The molecule has 0 aliphatic rings. The van der Waals surface area contributed by atoms with Crippen LogP contribution in [0.1, 0.15) is 0 Å². The molecule has 8 heteroatoms. The molecule has 2 aromatic rings. The number of para-hydroxylation sites is 2. The van der Waals surface area contributed by atoms with E-state index in [-0.39, 0.29) is 16.4 Å². The van der Waals surface area contributed by atoms with Crippen LogP contribution in [-0.4, -0.2) is 18.4 Å². The highest BCUT2D eigenvalue weighted by Gasteiger charge is 2.22. The lowest BCUT2D eigenvalue weighted by molar-refractivity contribution is -0.385. The van der Waals surface area contributed by atoms with Gasteiger partial charge in [-0.1, -0.05) is 12.1 Å². The third-order valence-electron chi connectivity index (χ3n) is 2.39. The number of benzene rings is 2. The minimum absolute atomic E-state index is 0.102. The van der Waals surface area contributed by atoms with Crippen LogP contribution in [0.2, 0.25) is 0 Å². The number of aromatic hydroxyl groups is 1. The summed E-state index contributed by atoms with van der Waals surface area (Å²) in [6.07, 6.45) is 0. The largest absolute Gasteiger partial charge is 0.508 e. The van der Waals surface area contributed by atoms with Crippen molar-refractivity contribution < 1.29 is 22.6 Å². The van der Waals surface area contributed by atoms with E-state index in [2.05, 4.69) is 0 Å². The lowest BCUT2D eigenvalue weighted by atomic mass is 10.3. The molecule has 0 heterocycles. The monoisotopic (exact) mass is 295 g/mol. The van der Waals surface area contributed by atoms with Gasteiger partial charge in [-0.25, -0.2) is 0 Å². The lowest BCUT2D eigenvalue weighted by Gasteiger charge is -2.07. The summed E-state index contributed by atoms with van der Waals surface area (Å²) < 4.78 is 28.7. The normalized spacial score (nSPS) is 11.0. The first kappa shape index (κ1) is 13.8. The number of nitrogens with zero attached hydrogens (tertiary/aromatic N) is 1. The third-order valence-corrected chi connectivity index (χ3v) is 3.64. The average molecular weight is 295 g/mol. The highest BCUT2D eigenvalue weighted by molar-refractivity contribution is 7.87. The zero-order valence-electron chi connectivity index (χ0n) is 9.96. The Kier molecular flexibility index (Phi) is 3.57. The first-order valence-electron chi connectivity index (χ1n) is 5.37. The SMILES string of the molecule is O=[N+]([O-])c1ccccc1OS(=O)(=O)c1ccc(O)cc1. The van der Waals surface area contributed by atoms with Gasteiger partial charge in [-0.3, -0.25) is 10.1 Å². The summed E-state index contributed by atoms with van der Waals surface area (Å²) in [5.74, 6) is -0.472. The molecule has 2 rings (SSSR count). The summed E-state index contributed by atoms with van der Waals surface area (Å²) in [4.78, 5) is 9.84. The van der Waals surface area contributed by atoms with Crippen LogP contribution in [0.15, 0.2) is 53.4 Å². The quantitative estimate of drug-likeness (QED) is 0.525. The maximum absolute atomic E-state index is 12.0. The van der Waals surface area contributed by atoms with Crippen molar-refractivity contribution in [1.82, 2.24) is 0 Å². The van der Waals surface area contributed by atoms with E-state index >= 15 is 0 Å². The molecule has 104 valence electrons. The van der Waals surface area contributed by atoms with Crippen LogP contribution in [0, 0.1) is 10.1 Å². The zero-order valence-corrected chi connectivity index (χ0v) is 10.8. The van der Waals surface area contributed by atoms with E-state index in [9.17, 15) is 18.5 Å². The van der Waals surface area contributed by atoms with E-state index in [4.69, 9.17) is 9.29 Å². The fourth-order valence-corrected chi connectivity index (χ4v) is 2.40. The van der Waals surface area contributed by atoms with Gasteiger partial charge in [-0.15, -0.1) is 0 Å². The maximum atomic E-state index is 12.0. The van der Waals surface area contributed by atoms with Gasteiger partial charge < -0.3 is 9.29 Å². The molecule has 0 fully saturated rings. The molecular weight excluding hydrogens is 286 g/mol. The van der Waals surface area contributed by atoms with Gasteiger partial charge in [-0.2, -0.15) is 8.42 Å². The number of hydrogen-bond donors (Lipinski definition) is 1. The standard InChI is InChI=1S/C12H9NO6S/c14-9-5-7-10(8-6-9)20(17,18)19-12-4-2-1-3-11(12)13(15)16/h1-8,14H. The van der Waals surface area contributed by atoms with Gasteiger partial charge in [0.25, 0.3) is 0 Å². The highest BCUT2D eigenvalue weighted by atomic mass is 32.2. The number of rotatable bonds is 4. The predicted octanol–water partition coefficient (Wildman–Crippen LogP) is 2.07. The summed E-state index contributed by atoms with van der Waals surface area (Å²) in [6.45, 7) is 0. The Balaban J connectivity index is 2.38. The number of nitro groups is 1. The zero-order chi connectivity index (χ0) is 14.8. The molecule has 0 unspecified atom stereocenters. The predicted molar refractivity (Wildman–Crippen MR) is 69.0 cm³/mol. The second-order valence-electron chi connectivity index (χ2n) is 3.76. The average Bonchev–Trinajstić information content (AvgIpc) is 2.39. The van der Waals surface area contributed by atoms with Gasteiger partial charge in [0.1, 0.15) is 10.6 Å². The van der Waals surface area contributed by atoms with Crippen LogP contribution in [0.3, 0.4) is 0 Å². The maximum Gasteiger partial charge on any atom is 0.339 e. The van der Waals surface area contributed by atoms with E-state index in [1.807, 2.05) is 0 Å². The van der Waals surface area contributed by atoms with Crippen LogP contribution in [0.4, 0.5) is 5.69 Å². The number of phenols is 1. The van der Waals surface area contributed by atoms with Crippen molar-refractivity contribution >= 4 is 15.8 Å². The highest BCUT2D eigenvalue weighted by Crippen LogP contribution is 2.29. The molecule has 20 heavy (non-hydrogen) atoms. The summed E-state index contributed by atoms with van der Waals surface area (Å²) in [5, 5.41) is 19.9. The van der Waals surface area contributed by atoms with Crippen LogP contribution >= 0.6 is 0 Å². The molecule has 2 aromatic carbocycles. The number of phenolic OH excluding ortho intramolecular Hbond substituents is 1. The van der Waals surface area contributed by atoms with Crippen LogP contribution in [0.5, 0.6) is 11.5 Å². The van der Waals surface area contributed by atoms with E-state index in [0.29, 0.717) is 0 Å². The van der Waals surface area contributed by atoms with Crippen LogP contribution in [0.25, 0.3) is 0 Å². The van der Waals surface area contributed by atoms with E-state index in [0.717, 1.165) is 18.2 Å². The number of nitro benzene ring substituents is 1. The fraction of sp³-hybridized carbons (Fsp3) is 0. The van der Waals surface area contributed by atoms with Gasteiger partial charge in [-0.05, 0) is 30.3 Å². The van der Waals surface area contributed by atoms with Gasteiger partial charge >= 0.3 is 15.8 Å². The Bertz CT molecular complexity index is 739. The summed E-state index contributed by atoms with van der Waals surface area (Å²) in [6, 6.07) is 9.79. The van der Waals surface area contributed by atoms with Crippen molar-refractivity contribution in [1.29, 1.82) is 0 Å². The molecule has 0 saturated carbocycles. The molecule has 0 aromatic heterocycles. The summed E-state index contributed by atoms with van der Waals surface area (Å²) in [7, 11) is -4.20. The van der Waals surface area contributed by atoms with Crippen molar-refractivity contribution in [3.8, 4) is 11.5 Å². The molecule has 0 radical (unpaired) electrons.